The molecule has 0 amide bonds. The van der Waals surface area contributed by atoms with E-state index in [0.717, 1.165) is 5.56 Å². The van der Waals surface area contributed by atoms with Crippen molar-refractivity contribution in [1.29, 1.82) is 0 Å². The highest BCUT2D eigenvalue weighted by molar-refractivity contribution is 7.99. The van der Waals surface area contributed by atoms with E-state index in [1.54, 1.807) is 24.3 Å². The number of hydrogen-bond donors (Lipinski definition) is 1. The highest BCUT2D eigenvalue weighted by Crippen LogP contribution is 2.29. The molecule has 0 saturated heterocycles. The number of anilines is 1. The molecular formula is C14H14ClNO2S2. The molecule has 3 nitrogen and oxygen atoms in total. The quantitative estimate of drug-likeness (QED) is 0.857. The van der Waals surface area contributed by atoms with E-state index < -0.39 is 10.0 Å². The fourth-order valence-electron chi connectivity index (χ4n) is 1.69. The third-order valence-corrected chi connectivity index (χ3v) is 5.30. The Morgan fingerprint density at radius 2 is 1.75 bits per heavy atom. The van der Waals surface area contributed by atoms with Gasteiger partial charge in [0.25, 0.3) is 10.0 Å². The maximum atomic E-state index is 12.4. The van der Waals surface area contributed by atoms with Gasteiger partial charge in [0.05, 0.1) is 0 Å². The van der Waals surface area contributed by atoms with Gasteiger partial charge in [-0.3, -0.25) is 4.72 Å². The van der Waals surface area contributed by atoms with E-state index in [0.29, 0.717) is 15.6 Å². The molecular weight excluding hydrogens is 314 g/mol. The minimum absolute atomic E-state index is 0.193. The second-order valence-corrected chi connectivity index (χ2v) is 7.20. The van der Waals surface area contributed by atoms with Crippen molar-refractivity contribution in [2.24, 2.45) is 0 Å². The maximum Gasteiger partial charge on any atom is 0.263 e. The predicted octanol–water partition coefficient (Wildman–Crippen LogP) is 4.17. The van der Waals surface area contributed by atoms with Crippen molar-refractivity contribution in [3.8, 4) is 0 Å². The first kappa shape index (κ1) is 15.2. The van der Waals surface area contributed by atoms with Crippen LogP contribution in [0.15, 0.2) is 52.3 Å². The van der Waals surface area contributed by atoms with Crippen molar-refractivity contribution in [2.45, 2.75) is 16.7 Å². The molecule has 0 unspecified atom stereocenters. The van der Waals surface area contributed by atoms with Crippen molar-refractivity contribution in [3.63, 3.8) is 0 Å². The molecule has 0 heterocycles. The van der Waals surface area contributed by atoms with Gasteiger partial charge in [-0.1, -0.05) is 29.3 Å². The van der Waals surface area contributed by atoms with Gasteiger partial charge in [0.2, 0.25) is 0 Å². The molecule has 2 aromatic carbocycles. The minimum Gasteiger partial charge on any atom is -0.280 e. The molecule has 0 bridgehead atoms. The SMILES string of the molecule is CSc1ccc(Cl)cc1S(=O)(=O)Nc1ccc(C)cc1. The van der Waals surface area contributed by atoms with Crippen LogP contribution in [-0.2, 0) is 10.0 Å². The summed E-state index contributed by atoms with van der Waals surface area (Å²) in [7, 11) is -3.65. The van der Waals surface area contributed by atoms with Gasteiger partial charge in [-0.25, -0.2) is 8.42 Å². The average molecular weight is 328 g/mol. The van der Waals surface area contributed by atoms with Crippen molar-refractivity contribution >= 4 is 39.1 Å². The number of benzene rings is 2. The molecule has 0 aliphatic rings. The third kappa shape index (κ3) is 3.48. The molecule has 2 rings (SSSR count). The van der Waals surface area contributed by atoms with Crippen molar-refractivity contribution < 1.29 is 8.42 Å². The smallest absolute Gasteiger partial charge is 0.263 e. The summed E-state index contributed by atoms with van der Waals surface area (Å²) in [6.07, 6.45) is 1.83. The molecule has 0 aliphatic carbocycles. The Kier molecular flexibility index (Phi) is 4.62. The number of rotatable bonds is 4. The minimum atomic E-state index is -3.65. The fraction of sp³-hybridized carbons (Fsp3) is 0.143. The van der Waals surface area contributed by atoms with Crippen molar-refractivity contribution in [1.82, 2.24) is 0 Å². The van der Waals surface area contributed by atoms with Crippen LogP contribution in [0.25, 0.3) is 0 Å². The van der Waals surface area contributed by atoms with E-state index in [-0.39, 0.29) is 4.90 Å². The molecule has 0 spiro atoms. The van der Waals surface area contributed by atoms with Crippen LogP contribution in [0.2, 0.25) is 5.02 Å². The lowest BCUT2D eigenvalue weighted by Crippen LogP contribution is -2.14. The van der Waals surface area contributed by atoms with Gasteiger partial charge in [-0.15, -0.1) is 11.8 Å². The van der Waals surface area contributed by atoms with Gasteiger partial charge in [0, 0.05) is 15.6 Å². The zero-order chi connectivity index (χ0) is 14.8. The summed E-state index contributed by atoms with van der Waals surface area (Å²) < 4.78 is 27.4. The zero-order valence-electron chi connectivity index (χ0n) is 11.1. The molecule has 6 heteroatoms. The normalized spacial score (nSPS) is 11.3. The van der Waals surface area contributed by atoms with Gasteiger partial charge < -0.3 is 0 Å². The summed E-state index contributed by atoms with van der Waals surface area (Å²) in [5.41, 5.74) is 1.60. The second-order valence-electron chi connectivity index (χ2n) is 4.27. The highest BCUT2D eigenvalue weighted by atomic mass is 35.5. The summed E-state index contributed by atoms with van der Waals surface area (Å²) in [6, 6.07) is 12.0. The summed E-state index contributed by atoms with van der Waals surface area (Å²) >= 11 is 7.27. The van der Waals surface area contributed by atoms with Crippen LogP contribution >= 0.6 is 23.4 Å². The predicted molar refractivity (Wildman–Crippen MR) is 85.2 cm³/mol. The third-order valence-electron chi connectivity index (χ3n) is 2.72. The van der Waals surface area contributed by atoms with Gasteiger partial charge in [0.15, 0.2) is 0 Å². The lowest BCUT2D eigenvalue weighted by atomic mass is 10.2. The van der Waals surface area contributed by atoms with Crippen molar-refractivity contribution in [3.05, 3.63) is 53.1 Å². The first-order chi connectivity index (χ1) is 9.42. The molecule has 20 heavy (non-hydrogen) atoms. The summed E-state index contributed by atoms with van der Waals surface area (Å²) in [4.78, 5) is 0.854. The molecule has 0 atom stereocenters. The molecule has 106 valence electrons. The van der Waals surface area contributed by atoms with E-state index in [9.17, 15) is 8.42 Å². The average Bonchev–Trinajstić information content (AvgIpc) is 2.41. The topological polar surface area (TPSA) is 46.2 Å². The number of hydrogen-bond acceptors (Lipinski definition) is 3. The van der Waals surface area contributed by atoms with Gasteiger partial charge in [0.1, 0.15) is 4.90 Å². The molecule has 0 radical (unpaired) electrons. The Hall–Kier alpha value is -1.17. The molecule has 1 N–H and O–H groups in total. The Bertz CT molecular complexity index is 712. The number of halogens is 1. The summed E-state index contributed by atoms with van der Waals surface area (Å²) in [6.45, 7) is 1.95. The van der Waals surface area contributed by atoms with Gasteiger partial charge >= 0.3 is 0 Å². The monoisotopic (exact) mass is 327 g/mol. The van der Waals surface area contributed by atoms with Crippen molar-refractivity contribution in [2.75, 3.05) is 11.0 Å². The number of aryl methyl sites for hydroxylation is 1. The number of thioether (sulfide) groups is 1. The second kappa shape index (κ2) is 6.08. The molecule has 0 saturated carbocycles. The van der Waals surface area contributed by atoms with Gasteiger partial charge in [-0.05, 0) is 43.5 Å². The van der Waals surface area contributed by atoms with Gasteiger partial charge in [-0.2, -0.15) is 0 Å². The Balaban J connectivity index is 2.40. The first-order valence-electron chi connectivity index (χ1n) is 5.85. The van der Waals surface area contributed by atoms with E-state index in [1.165, 1.54) is 17.8 Å². The zero-order valence-corrected chi connectivity index (χ0v) is 13.4. The first-order valence-corrected chi connectivity index (χ1v) is 8.94. The van der Waals surface area contributed by atoms with Crippen LogP contribution in [-0.4, -0.2) is 14.7 Å². The molecule has 2 aromatic rings. The van der Waals surface area contributed by atoms with Crippen LogP contribution in [0, 0.1) is 6.92 Å². The van der Waals surface area contributed by atoms with Crippen LogP contribution in [0.5, 0.6) is 0 Å². The van der Waals surface area contributed by atoms with E-state index in [1.807, 2.05) is 25.3 Å². The molecule has 0 aliphatic heterocycles. The Morgan fingerprint density at radius 3 is 2.35 bits per heavy atom. The summed E-state index contributed by atoms with van der Waals surface area (Å²) in [5, 5.41) is 0.395. The Morgan fingerprint density at radius 1 is 1.10 bits per heavy atom. The van der Waals surface area contributed by atoms with E-state index in [4.69, 9.17) is 11.6 Å². The van der Waals surface area contributed by atoms with E-state index in [2.05, 4.69) is 4.72 Å². The van der Waals surface area contributed by atoms with Crippen LogP contribution < -0.4 is 4.72 Å². The highest BCUT2D eigenvalue weighted by Gasteiger charge is 2.19. The molecule has 0 fully saturated rings. The lowest BCUT2D eigenvalue weighted by Gasteiger charge is -2.11. The summed E-state index contributed by atoms with van der Waals surface area (Å²) in [5.74, 6) is 0. The van der Waals surface area contributed by atoms with Crippen LogP contribution in [0.1, 0.15) is 5.56 Å². The van der Waals surface area contributed by atoms with Crippen LogP contribution in [0.4, 0.5) is 5.69 Å². The van der Waals surface area contributed by atoms with E-state index >= 15 is 0 Å². The lowest BCUT2D eigenvalue weighted by molar-refractivity contribution is 0.599. The standard InChI is InChI=1S/C14H14ClNO2S2/c1-10-3-6-12(7-4-10)16-20(17,18)14-9-11(15)5-8-13(14)19-2/h3-9,16H,1-2H3. The largest absolute Gasteiger partial charge is 0.280 e. The fourth-order valence-corrected chi connectivity index (χ4v) is 4.14. The number of sulfonamides is 1. The maximum absolute atomic E-state index is 12.4. The molecule has 0 aromatic heterocycles. The number of nitrogens with one attached hydrogen (secondary N) is 1. The van der Waals surface area contributed by atoms with Crippen LogP contribution in [0.3, 0.4) is 0 Å². The Labute approximate surface area is 128 Å².